The third kappa shape index (κ3) is 15.6. The molecule has 1 heterocycles. The zero-order valence-corrected chi connectivity index (χ0v) is 21.4. The molecular weight excluding hydrogens is 476 g/mol. The number of hydrogen-bond donors (Lipinski definition) is 4. The second-order valence-electron chi connectivity index (χ2n) is 9.29. The first-order valence-electron chi connectivity index (χ1n) is 12.1. The van der Waals surface area contributed by atoms with Gasteiger partial charge in [0.25, 0.3) is 0 Å². The van der Waals surface area contributed by atoms with Crippen LogP contribution >= 0.6 is 0 Å². The number of aliphatic carboxylic acids is 4. The lowest BCUT2D eigenvalue weighted by molar-refractivity contribution is -0.142. The van der Waals surface area contributed by atoms with Gasteiger partial charge in [-0.15, -0.1) is 0 Å². The van der Waals surface area contributed by atoms with E-state index in [4.69, 9.17) is 20.4 Å². The van der Waals surface area contributed by atoms with E-state index in [9.17, 15) is 19.2 Å². The Bertz CT molecular complexity index is 658. The Hall–Kier alpha value is -2.36. The molecule has 0 unspecified atom stereocenters. The van der Waals surface area contributed by atoms with Crippen molar-refractivity contribution in [3.05, 3.63) is 0 Å². The smallest absolute Gasteiger partial charge is 0.317 e. The van der Waals surface area contributed by atoms with Crippen LogP contribution in [-0.4, -0.2) is 193 Å². The standard InChI is InChI=1S/C22H42N6O8/c1-23(15-19(29)30)3-5-25-7-8-26(6-4-24(2)16-20(31)32)10-12-27(11-9-25)13-14-28(17-21(33)34)18-22(35)36/h3-18H2,1-2H3,(H,29,30)(H,31,32)(H,33,34)(H,35,36). The van der Waals surface area contributed by atoms with Crippen LogP contribution in [0.3, 0.4) is 0 Å². The molecule has 0 aromatic carbocycles. The van der Waals surface area contributed by atoms with E-state index in [1.165, 1.54) is 4.90 Å². The van der Waals surface area contributed by atoms with Crippen molar-refractivity contribution >= 4 is 23.9 Å². The van der Waals surface area contributed by atoms with Gasteiger partial charge in [0.2, 0.25) is 0 Å². The zero-order valence-electron chi connectivity index (χ0n) is 21.4. The lowest BCUT2D eigenvalue weighted by atomic mass is 10.3. The summed E-state index contributed by atoms with van der Waals surface area (Å²) in [5.41, 5.74) is 0. The Morgan fingerprint density at radius 3 is 1.08 bits per heavy atom. The third-order valence-electron chi connectivity index (χ3n) is 6.05. The first kappa shape index (κ1) is 31.7. The number of carboxylic acid groups (broad SMARTS) is 4. The average molecular weight is 519 g/mol. The molecule has 1 fully saturated rings. The summed E-state index contributed by atoms with van der Waals surface area (Å²) in [6.45, 7) is 7.10. The molecular formula is C22H42N6O8. The summed E-state index contributed by atoms with van der Waals surface area (Å²) in [5, 5.41) is 36.2. The SMILES string of the molecule is CN(CCN1CCN(CCN(C)CC(=O)O)CCN(CCN(CC(=O)O)CC(=O)O)CC1)CC(=O)O. The third-order valence-corrected chi connectivity index (χ3v) is 6.05. The summed E-state index contributed by atoms with van der Waals surface area (Å²) >= 11 is 0. The van der Waals surface area contributed by atoms with Gasteiger partial charge in [-0.1, -0.05) is 0 Å². The van der Waals surface area contributed by atoms with Gasteiger partial charge in [0.05, 0.1) is 26.2 Å². The molecule has 1 aliphatic heterocycles. The summed E-state index contributed by atoms with van der Waals surface area (Å²) < 4.78 is 0. The van der Waals surface area contributed by atoms with Gasteiger partial charge in [-0.05, 0) is 14.1 Å². The predicted molar refractivity (Wildman–Crippen MR) is 131 cm³/mol. The topological polar surface area (TPSA) is 169 Å². The molecule has 0 aromatic rings. The van der Waals surface area contributed by atoms with Crippen LogP contribution in [-0.2, 0) is 19.2 Å². The Morgan fingerprint density at radius 1 is 0.528 bits per heavy atom. The maximum absolute atomic E-state index is 11.1. The lowest BCUT2D eigenvalue weighted by Gasteiger charge is -2.28. The second-order valence-corrected chi connectivity index (χ2v) is 9.29. The van der Waals surface area contributed by atoms with Crippen LogP contribution in [0, 0.1) is 0 Å². The van der Waals surface area contributed by atoms with Crippen molar-refractivity contribution in [3.8, 4) is 0 Å². The number of hydrogen-bond acceptors (Lipinski definition) is 10. The Labute approximate surface area is 212 Å². The highest BCUT2D eigenvalue weighted by Gasteiger charge is 2.20. The van der Waals surface area contributed by atoms with Crippen LogP contribution in [0.25, 0.3) is 0 Å². The van der Waals surface area contributed by atoms with Crippen LogP contribution in [0.2, 0.25) is 0 Å². The van der Waals surface area contributed by atoms with Crippen molar-refractivity contribution in [2.75, 3.05) is 119 Å². The first-order chi connectivity index (χ1) is 16.9. The van der Waals surface area contributed by atoms with Crippen LogP contribution in [0.5, 0.6) is 0 Å². The summed E-state index contributed by atoms with van der Waals surface area (Å²) in [6.07, 6.45) is 0. The zero-order chi connectivity index (χ0) is 27.1. The largest absolute Gasteiger partial charge is 0.480 e. The lowest BCUT2D eigenvalue weighted by Crippen LogP contribution is -2.44. The quantitative estimate of drug-likeness (QED) is 0.158. The molecule has 36 heavy (non-hydrogen) atoms. The van der Waals surface area contributed by atoms with Crippen LogP contribution in [0.1, 0.15) is 0 Å². The highest BCUT2D eigenvalue weighted by molar-refractivity contribution is 5.72. The number of likely N-dealkylation sites (N-methyl/N-ethyl adjacent to an activating group) is 2. The van der Waals surface area contributed by atoms with E-state index in [0.717, 1.165) is 26.2 Å². The van der Waals surface area contributed by atoms with Crippen LogP contribution in [0.4, 0.5) is 0 Å². The van der Waals surface area contributed by atoms with Crippen molar-refractivity contribution in [1.82, 2.24) is 29.4 Å². The number of carboxylic acids is 4. The van der Waals surface area contributed by atoms with E-state index >= 15 is 0 Å². The van der Waals surface area contributed by atoms with Gasteiger partial charge in [0, 0.05) is 78.5 Å². The summed E-state index contributed by atoms with van der Waals surface area (Å²) in [4.78, 5) is 55.8. The van der Waals surface area contributed by atoms with Crippen molar-refractivity contribution in [2.24, 2.45) is 0 Å². The minimum atomic E-state index is -1.07. The van der Waals surface area contributed by atoms with E-state index < -0.39 is 23.9 Å². The highest BCUT2D eigenvalue weighted by atomic mass is 16.4. The van der Waals surface area contributed by atoms with Gasteiger partial charge in [-0.3, -0.25) is 48.6 Å². The van der Waals surface area contributed by atoms with Gasteiger partial charge < -0.3 is 20.4 Å². The number of nitrogens with zero attached hydrogens (tertiary/aromatic N) is 6. The molecule has 0 spiro atoms. The van der Waals surface area contributed by atoms with Gasteiger partial charge >= 0.3 is 23.9 Å². The normalized spacial score (nSPS) is 16.7. The molecule has 4 N–H and O–H groups in total. The molecule has 0 amide bonds. The monoisotopic (exact) mass is 518 g/mol. The average Bonchev–Trinajstić information content (AvgIpc) is 2.83. The molecule has 14 heteroatoms. The molecule has 0 bridgehead atoms. The van der Waals surface area contributed by atoms with Gasteiger partial charge in [-0.25, -0.2) is 0 Å². The maximum atomic E-state index is 11.1. The molecule has 0 radical (unpaired) electrons. The summed E-state index contributed by atoms with van der Waals surface area (Å²) in [6, 6.07) is 0. The Balaban J connectivity index is 2.79. The van der Waals surface area contributed by atoms with Crippen molar-refractivity contribution < 1.29 is 39.6 Å². The van der Waals surface area contributed by atoms with Crippen LogP contribution in [0.15, 0.2) is 0 Å². The van der Waals surface area contributed by atoms with E-state index in [0.29, 0.717) is 52.4 Å². The Morgan fingerprint density at radius 2 is 0.806 bits per heavy atom. The van der Waals surface area contributed by atoms with E-state index in [1.54, 1.807) is 23.9 Å². The van der Waals surface area contributed by atoms with Crippen LogP contribution < -0.4 is 0 Å². The molecule has 0 aliphatic carbocycles. The molecule has 208 valence electrons. The molecule has 1 aliphatic rings. The maximum Gasteiger partial charge on any atom is 0.317 e. The fraction of sp³-hybridized carbons (Fsp3) is 0.818. The second kappa shape index (κ2) is 17.2. The van der Waals surface area contributed by atoms with E-state index in [1.807, 2.05) is 0 Å². The molecule has 1 saturated heterocycles. The minimum absolute atomic E-state index is 0.0367. The Kier molecular flexibility index (Phi) is 15.1. The molecule has 0 aromatic heterocycles. The van der Waals surface area contributed by atoms with Crippen molar-refractivity contribution in [2.45, 2.75) is 0 Å². The van der Waals surface area contributed by atoms with E-state index in [-0.39, 0.29) is 26.2 Å². The summed E-state index contributed by atoms with van der Waals surface area (Å²) in [7, 11) is 3.53. The van der Waals surface area contributed by atoms with Crippen molar-refractivity contribution in [3.63, 3.8) is 0 Å². The highest BCUT2D eigenvalue weighted by Crippen LogP contribution is 2.03. The van der Waals surface area contributed by atoms with E-state index in [2.05, 4.69) is 14.7 Å². The molecule has 1 rings (SSSR count). The molecule has 0 atom stereocenters. The minimum Gasteiger partial charge on any atom is -0.480 e. The van der Waals surface area contributed by atoms with Gasteiger partial charge in [0.1, 0.15) is 0 Å². The van der Waals surface area contributed by atoms with Crippen molar-refractivity contribution in [1.29, 1.82) is 0 Å². The fourth-order valence-corrected chi connectivity index (χ4v) is 3.98. The van der Waals surface area contributed by atoms with Gasteiger partial charge in [-0.2, -0.15) is 0 Å². The number of rotatable bonds is 17. The molecule has 0 saturated carbocycles. The predicted octanol–water partition coefficient (Wildman–Crippen LogP) is -2.59. The first-order valence-corrected chi connectivity index (χ1v) is 12.1. The molecule has 14 nitrogen and oxygen atoms in total. The number of carbonyl (C=O) groups is 4. The fourth-order valence-electron chi connectivity index (χ4n) is 3.98. The van der Waals surface area contributed by atoms with Gasteiger partial charge in [0.15, 0.2) is 0 Å². The summed E-state index contributed by atoms with van der Waals surface area (Å²) in [5.74, 6) is -3.91.